The highest BCUT2D eigenvalue weighted by Crippen LogP contribution is 2.31. The molecule has 0 bridgehead atoms. The average molecular weight is 671 g/mol. The lowest BCUT2D eigenvalue weighted by molar-refractivity contribution is -0.105. The van der Waals surface area contributed by atoms with E-state index in [1.807, 2.05) is 26.1 Å². The smallest absolute Gasteiger partial charge is 0.276 e. The SMILES string of the molecule is CCn1nc(C)cc1C(=O)Nc1nc2cc(C(N)=O)cnc2n1C/C=C/Cn1c(NC=O)nc2cc(C(N)=O)cc(OCCCCNC)c21. The lowest BCUT2D eigenvalue weighted by Crippen LogP contribution is -2.20. The Kier molecular flexibility index (Phi) is 10.6. The quantitative estimate of drug-likeness (QED) is 0.0548. The van der Waals surface area contributed by atoms with E-state index in [9.17, 15) is 19.2 Å². The predicted octanol–water partition coefficient (Wildman–Crippen LogP) is 1.96. The van der Waals surface area contributed by atoms with Crippen molar-refractivity contribution in [3.05, 3.63) is 65.1 Å². The molecule has 49 heavy (non-hydrogen) atoms. The summed E-state index contributed by atoms with van der Waals surface area (Å²) in [6, 6.07) is 6.31. The summed E-state index contributed by atoms with van der Waals surface area (Å²) in [5.41, 5.74) is 14.3. The number of rotatable bonds is 17. The number of imidazole rings is 2. The number of fused-ring (bicyclic) bond motifs is 2. The molecule has 0 saturated heterocycles. The molecule has 0 spiro atoms. The van der Waals surface area contributed by atoms with Crippen LogP contribution in [0.4, 0.5) is 11.9 Å². The Hall–Kier alpha value is -6.10. The number of pyridine rings is 1. The zero-order valence-electron chi connectivity index (χ0n) is 27.4. The minimum Gasteiger partial charge on any atom is -0.491 e. The van der Waals surface area contributed by atoms with Crippen molar-refractivity contribution in [3.8, 4) is 5.75 Å². The predicted molar refractivity (Wildman–Crippen MR) is 182 cm³/mol. The second-order valence-electron chi connectivity index (χ2n) is 11.1. The summed E-state index contributed by atoms with van der Waals surface area (Å²) in [4.78, 5) is 62.2. The van der Waals surface area contributed by atoms with Crippen molar-refractivity contribution in [2.24, 2.45) is 11.5 Å². The summed E-state index contributed by atoms with van der Waals surface area (Å²) in [5.74, 6) is -0.875. The second-order valence-corrected chi connectivity index (χ2v) is 11.1. The fourth-order valence-corrected chi connectivity index (χ4v) is 5.32. The first-order chi connectivity index (χ1) is 23.6. The van der Waals surface area contributed by atoms with E-state index in [1.54, 1.807) is 38.9 Å². The highest BCUT2D eigenvalue weighted by atomic mass is 16.5. The van der Waals surface area contributed by atoms with Crippen molar-refractivity contribution in [1.29, 1.82) is 0 Å². The van der Waals surface area contributed by atoms with Crippen molar-refractivity contribution >= 4 is 58.2 Å². The minimum absolute atomic E-state index is 0.173. The second kappa shape index (κ2) is 15.2. The zero-order chi connectivity index (χ0) is 35.1. The Morgan fingerprint density at radius 3 is 2.35 bits per heavy atom. The molecule has 5 aromatic rings. The summed E-state index contributed by atoms with van der Waals surface area (Å²) < 4.78 is 11.1. The van der Waals surface area contributed by atoms with Gasteiger partial charge in [0.2, 0.25) is 30.1 Å². The fraction of sp³-hybridized carbons (Fsp3) is 0.312. The average Bonchev–Trinajstić information content (AvgIpc) is 3.74. The molecule has 0 aliphatic heterocycles. The van der Waals surface area contributed by atoms with Gasteiger partial charge in [-0.2, -0.15) is 5.10 Å². The lowest BCUT2D eigenvalue weighted by atomic mass is 10.1. The minimum atomic E-state index is -0.659. The Labute approximate surface area is 280 Å². The van der Waals surface area contributed by atoms with Crippen LogP contribution in [0, 0.1) is 6.92 Å². The first-order valence-corrected chi connectivity index (χ1v) is 15.6. The number of hydrogen-bond acceptors (Lipinski definition) is 10. The number of primary amides is 2. The fourth-order valence-electron chi connectivity index (χ4n) is 5.32. The summed E-state index contributed by atoms with van der Waals surface area (Å²) in [5, 5.41) is 12.9. The van der Waals surface area contributed by atoms with E-state index in [0.717, 1.165) is 19.4 Å². The van der Waals surface area contributed by atoms with Gasteiger partial charge in [-0.15, -0.1) is 0 Å². The summed E-state index contributed by atoms with van der Waals surface area (Å²) in [6.45, 7) is 5.85. The topological polar surface area (TPSA) is 232 Å². The number of anilines is 2. The number of ether oxygens (including phenoxy) is 1. The Balaban J connectivity index is 1.47. The molecule has 1 aromatic carbocycles. The summed E-state index contributed by atoms with van der Waals surface area (Å²) >= 11 is 0. The number of amides is 4. The van der Waals surface area contributed by atoms with Crippen molar-refractivity contribution in [2.45, 2.75) is 46.3 Å². The van der Waals surface area contributed by atoms with Crippen LogP contribution in [-0.2, 0) is 24.4 Å². The molecule has 17 heteroatoms. The van der Waals surface area contributed by atoms with Gasteiger partial charge in [0.25, 0.3) is 5.91 Å². The first-order valence-electron chi connectivity index (χ1n) is 15.6. The third kappa shape index (κ3) is 7.57. The third-order valence-corrected chi connectivity index (χ3v) is 7.63. The largest absolute Gasteiger partial charge is 0.491 e. The van der Waals surface area contributed by atoms with Crippen molar-refractivity contribution in [1.82, 2.24) is 39.2 Å². The molecule has 0 atom stereocenters. The van der Waals surface area contributed by atoms with Gasteiger partial charge in [-0.1, -0.05) is 12.2 Å². The number of carbonyl (C=O) groups excluding carboxylic acids is 4. The molecule has 0 saturated carbocycles. The van der Waals surface area contributed by atoms with E-state index in [4.69, 9.17) is 16.2 Å². The van der Waals surface area contributed by atoms with Crippen LogP contribution < -0.4 is 32.2 Å². The van der Waals surface area contributed by atoms with Crippen molar-refractivity contribution in [3.63, 3.8) is 0 Å². The zero-order valence-corrected chi connectivity index (χ0v) is 27.4. The molecule has 0 aliphatic carbocycles. The monoisotopic (exact) mass is 670 g/mol. The van der Waals surface area contributed by atoms with Gasteiger partial charge >= 0.3 is 0 Å². The maximum atomic E-state index is 13.3. The molecule has 5 rings (SSSR count). The number of nitrogens with one attached hydrogen (secondary N) is 3. The molecule has 4 amide bonds. The Morgan fingerprint density at radius 2 is 1.65 bits per heavy atom. The number of hydrogen-bond donors (Lipinski definition) is 5. The van der Waals surface area contributed by atoms with E-state index in [1.165, 1.54) is 12.3 Å². The maximum Gasteiger partial charge on any atom is 0.276 e. The number of unbranched alkanes of at least 4 members (excludes halogenated alkanes) is 1. The van der Waals surface area contributed by atoms with Gasteiger partial charge < -0.3 is 26.1 Å². The Morgan fingerprint density at radius 1 is 0.939 bits per heavy atom. The van der Waals surface area contributed by atoms with Crippen LogP contribution in [0.15, 0.2) is 42.6 Å². The van der Waals surface area contributed by atoms with Gasteiger partial charge in [0.05, 0.1) is 23.4 Å². The third-order valence-electron chi connectivity index (χ3n) is 7.63. The standard InChI is InChI=1S/C32H38N12O5/c1-4-44-24(13-19(2)41-44)30(48)40-32-39-23-15-21(28(34)47)17-36-29(23)43(32)11-7-6-10-42-26-22(38-31(42)37-18-45)14-20(27(33)46)16-25(26)49-12-8-5-9-35-3/h6-7,13-18,35H,4-5,8-12H2,1-3H3,(H2,33,46)(H2,34,47)(H,37,38,45)(H,39,40,48)/b7-6+. The maximum absolute atomic E-state index is 13.3. The van der Waals surface area contributed by atoms with Crippen molar-refractivity contribution < 1.29 is 23.9 Å². The van der Waals surface area contributed by atoms with Crippen LogP contribution in [0.3, 0.4) is 0 Å². The van der Waals surface area contributed by atoms with Gasteiger partial charge in [0.15, 0.2) is 5.65 Å². The van der Waals surface area contributed by atoms with Crippen LogP contribution in [0.25, 0.3) is 22.2 Å². The normalized spacial score (nSPS) is 11.4. The van der Waals surface area contributed by atoms with Crippen LogP contribution in [0.5, 0.6) is 5.75 Å². The van der Waals surface area contributed by atoms with E-state index in [-0.39, 0.29) is 36.1 Å². The number of allylic oxidation sites excluding steroid dienone is 2. The van der Waals surface area contributed by atoms with E-state index in [2.05, 4.69) is 36.0 Å². The molecule has 0 unspecified atom stereocenters. The Bertz CT molecular complexity index is 2060. The molecule has 0 aliphatic rings. The highest BCUT2D eigenvalue weighted by molar-refractivity contribution is 6.03. The van der Waals surface area contributed by atoms with Gasteiger partial charge in [-0.25, -0.2) is 15.0 Å². The number of nitrogens with two attached hydrogens (primary N) is 2. The number of aryl methyl sites for hydroxylation is 2. The number of carbonyl (C=O) groups is 4. The van der Waals surface area contributed by atoms with E-state index in [0.29, 0.717) is 58.9 Å². The van der Waals surface area contributed by atoms with Gasteiger partial charge in [0, 0.05) is 31.4 Å². The van der Waals surface area contributed by atoms with E-state index < -0.39 is 17.7 Å². The molecule has 0 radical (unpaired) electrons. The van der Waals surface area contributed by atoms with Gasteiger partial charge in [-0.3, -0.25) is 39.1 Å². The van der Waals surface area contributed by atoms with Crippen LogP contribution in [0.1, 0.15) is 56.7 Å². The lowest BCUT2D eigenvalue weighted by Gasteiger charge is -2.12. The van der Waals surface area contributed by atoms with E-state index >= 15 is 0 Å². The van der Waals surface area contributed by atoms with Crippen molar-refractivity contribution in [2.75, 3.05) is 30.8 Å². The molecule has 4 aromatic heterocycles. The molecule has 4 heterocycles. The highest BCUT2D eigenvalue weighted by Gasteiger charge is 2.20. The summed E-state index contributed by atoms with van der Waals surface area (Å²) in [6.07, 6.45) is 7.18. The van der Waals surface area contributed by atoms with Crippen LogP contribution in [-0.4, -0.2) is 78.2 Å². The van der Waals surface area contributed by atoms with Gasteiger partial charge in [-0.05, 0) is 64.5 Å². The molecular weight excluding hydrogens is 632 g/mol. The molecular formula is C32H38N12O5. The van der Waals surface area contributed by atoms with Gasteiger partial charge in [0.1, 0.15) is 22.5 Å². The van der Waals surface area contributed by atoms with Crippen LogP contribution in [0.2, 0.25) is 0 Å². The number of benzene rings is 1. The summed E-state index contributed by atoms with van der Waals surface area (Å²) in [7, 11) is 1.88. The number of nitrogens with zero attached hydrogens (tertiary/aromatic N) is 7. The first kappa shape index (κ1) is 34.2. The molecule has 17 nitrogen and oxygen atoms in total. The number of aromatic nitrogens is 7. The molecule has 256 valence electrons. The molecule has 7 N–H and O–H groups in total. The van der Waals surface area contributed by atoms with Crippen LogP contribution >= 0.6 is 0 Å². The molecule has 0 fully saturated rings.